The zero-order valence-corrected chi connectivity index (χ0v) is 16.6. The fourth-order valence-electron chi connectivity index (χ4n) is 3.73. The molecular weight excluding hydrogens is 386 g/mol. The van der Waals surface area contributed by atoms with Crippen LogP contribution in [-0.4, -0.2) is 25.1 Å². The average Bonchev–Trinajstić information content (AvgIpc) is 3.46. The highest BCUT2D eigenvalue weighted by Crippen LogP contribution is 2.32. The largest absolute Gasteiger partial charge is 0.308 e. The first-order chi connectivity index (χ1) is 14.1. The number of hydrogen-bond donors (Lipinski definition) is 1. The van der Waals surface area contributed by atoms with Crippen molar-refractivity contribution in [3.8, 4) is 10.6 Å². The normalized spacial score (nSPS) is 14.1. The van der Waals surface area contributed by atoms with Gasteiger partial charge in [0, 0.05) is 12.3 Å². The predicted molar refractivity (Wildman–Crippen MR) is 112 cm³/mol. The quantitative estimate of drug-likeness (QED) is 0.565. The van der Waals surface area contributed by atoms with Gasteiger partial charge in [0.05, 0.1) is 10.6 Å². The predicted octanol–water partition coefficient (Wildman–Crippen LogP) is 3.31. The lowest BCUT2D eigenvalue weighted by Gasteiger charge is -2.15. The van der Waals surface area contributed by atoms with Gasteiger partial charge in [-0.15, -0.1) is 11.3 Å². The number of nitrogens with one attached hydrogen (secondary N) is 1. The topological polar surface area (TPSA) is 81.3 Å². The standard InChI is InChI=1S/C21H19N5O2S/c1-13(26-18(27)12-14-6-4-7-15(14)24-26)21(28)23-20-19(16-8-5-11-29-16)22-17-9-2-3-10-25(17)20/h2-3,5,8-13H,4,6-7H2,1H3,(H,23,28)/t13-/m0/s1. The van der Waals surface area contributed by atoms with Gasteiger partial charge in [0.1, 0.15) is 23.2 Å². The third-order valence-electron chi connectivity index (χ3n) is 5.25. The molecule has 7 nitrogen and oxygen atoms in total. The second-order valence-electron chi connectivity index (χ2n) is 7.13. The Bertz CT molecular complexity index is 1270. The van der Waals surface area contributed by atoms with Crippen molar-refractivity contribution in [3.63, 3.8) is 0 Å². The molecule has 1 aliphatic rings. The molecule has 146 valence electrons. The number of pyridine rings is 1. The van der Waals surface area contributed by atoms with Crippen molar-refractivity contribution in [2.75, 3.05) is 5.32 Å². The molecule has 1 aliphatic carbocycles. The average molecular weight is 405 g/mol. The van der Waals surface area contributed by atoms with E-state index in [-0.39, 0.29) is 11.5 Å². The third kappa shape index (κ3) is 3.05. The van der Waals surface area contributed by atoms with Gasteiger partial charge in [-0.05, 0) is 55.3 Å². The van der Waals surface area contributed by atoms with Gasteiger partial charge in [-0.25, -0.2) is 9.67 Å². The van der Waals surface area contributed by atoms with Crippen LogP contribution in [0.4, 0.5) is 5.82 Å². The van der Waals surface area contributed by atoms with Crippen molar-refractivity contribution in [3.05, 3.63) is 69.6 Å². The summed E-state index contributed by atoms with van der Waals surface area (Å²) in [5.74, 6) is 0.287. The monoisotopic (exact) mass is 405 g/mol. The zero-order chi connectivity index (χ0) is 20.0. The summed E-state index contributed by atoms with van der Waals surface area (Å²) < 4.78 is 3.13. The maximum absolute atomic E-state index is 13.1. The molecule has 0 saturated heterocycles. The number of fused-ring (bicyclic) bond motifs is 2. The van der Waals surface area contributed by atoms with E-state index in [1.807, 2.05) is 46.3 Å². The number of amides is 1. The van der Waals surface area contributed by atoms with Gasteiger partial charge in [0.25, 0.3) is 5.56 Å². The van der Waals surface area contributed by atoms with Crippen LogP contribution in [0.2, 0.25) is 0 Å². The van der Waals surface area contributed by atoms with E-state index >= 15 is 0 Å². The molecule has 0 bridgehead atoms. The molecule has 0 fully saturated rings. The molecule has 0 aromatic carbocycles. The van der Waals surface area contributed by atoms with Gasteiger partial charge in [-0.1, -0.05) is 12.1 Å². The summed E-state index contributed by atoms with van der Waals surface area (Å²) in [7, 11) is 0. The van der Waals surface area contributed by atoms with Gasteiger partial charge in [0.15, 0.2) is 0 Å². The van der Waals surface area contributed by atoms with Crippen molar-refractivity contribution < 1.29 is 4.79 Å². The number of carbonyl (C=O) groups excluding carboxylic acids is 1. The van der Waals surface area contributed by atoms with Gasteiger partial charge < -0.3 is 5.32 Å². The second kappa shape index (κ2) is 6.97. The Balaban J connectivity index is 1.52. The summed E-state index contributed by atoms with van der Waals surface area (Å²) in [6.07, 6.45) is 4.59. The van der Waals surface area contributed by atoms with Crippen LogP contribution in [0.25, 0.3) is 16.2 Å². The minimum Gasteiger partial charge on any atom is -0.308 e. The number of aromatic nitrogens is 4. The van der Waals surface area contributed by atoms with E-state index in [9.17, 15) is 9.59 Å². The zero-order valence-electron chi connectivity index (χ0n) is 15.8. The van der Waals surface area contributed by atoms with E-state index in [2.05, 4.69) is 15.4 Å². The van der Waals surface area contributed by atoms with Crippen LogP contribution in [0.15, 0.2) is 52.8 Å². The summed E-state index contributed by atoms with van der Waals surface area (Å²) in [6, 6.07) is 10.5. The smallest absolute Gasteiger partial charge is 0.267 e. The Labute approximate surface area is 170 Å². The molecule has 5 rings (SSSR count). The first kappa shape index (κ1) is 17.8. The number of rotatable bonds is 4. The fraction of sp³-hybridized carbons (Fsp3) is 0.238. The van der Waals surface area contributed by atoms with E-state index in [1.165, 1.54) is 4.68 Å². The molecule has 0 radical (unpaired) electrons. The Morgan fingerprint density at radius 1 is 1.24 bits per heavy atom. The number of anilines is 1. The van der Waals surface area contributed by atoms with Crippen LogP contribution in [0.3, 0.4) is 0 Å². The van der Waals surface area contributed by atoms with Crippen LogP contribution in [0, 0.1) is 0 Å². The Morgan fingerprint density at radius 2 is 2.14 bits per heavy atom. The summed E-state index contributed by atoms with van der Waals surface area (Å²) in [6.45, 7) is 1.69. The van der Waals surface area contributed by atoms with Crippen LogP contribution >= 0.6 is 11.3 Å². The molecule has 1 atom stereocenters. The molecule has 4 heterocycles. The number of aryl methyl sites for hydroxylation is 2. The van der Waals surface area contributed by atoms with Gasteiger partial charge in [-0.3, -0.25) is 14.0 Å². The van der Waals surface area contributed by atoms with E-state index in [0.29, 0.717) is 11.5 Å². The molecule has 0 saturated carbocycles. The van der Waals surface area contributed by atoms with Crippen molar-refractivity contribution >= 4 is 28.7 Å². The van der Waals surface area contributed by atoms with E-state index < -0.39 is 6.04 Å². The first-order valence-electron chi connectivity index (χ1n) is 9.55. The van der Waals surface area contributed by atoms with Crippen LogP contribution in [0.1, 0.15) is 30.6 Å². The summed E-state index contributed by atoms with van der Waals surface area (Å²) >= 11 is 1.56. The molecule has 29 heavy (non-hydrogen) atoms. The lowest BCUT2D eigenvalue weighted by Crippen LogP contribution is -2.34. The minimum absolute atomic E-state index is 0.245. The molecular formula is C21H19N5O2S. The highest BCUT2D eigenvalue weighted by molar-refractivity contribution is 7.13. The Hall–Kier alpha value is -3.26. The van der Waals surface area contributed by atoms with Gasteiger partial charge in [0.2, 0.25) is 5.91 Å². The highest BCUT2D eigenvalue weighted by Gasteiger charge is 2.24. The maximum Gasteiger partial charge on any atom is 0.267 e. The number of thiophene rings is 1. The Kier molecular flexibility index (Phi) is 4.28. The molecule has 0 unspecified atom stereocenters. The second-order valence-corrected chi connectivity index (χ2v) is 8.08. The lowest BCUT2D eigenvalue weighted by atomic mass is 10.2. The van der Waals surface area contributed by atoms with Crippen LogP contribution < -0.4 is 10.9 Å². The summed E-state index contributed by atoms with van der Waals surface area (Å²) in [5.41, 5.74) is 3.12. The van der Waals surface area contributed by atoms with Crippen LogP contribution in [0.5, 0.6) is 0 Å². The highest BCUT2D eigenvalue weighted by atomic mass is 32.1. The van der Waals surface area contributed by atoms with Crippen LogP contribution in [-0.2, 0) is 17.6 Å². The molecule has 8 heteroatoms. The number of imidazole rings is 1. The minimum atomic E-state index is -0.737. The van der Waals surface area contributed by atoms with Crippen molar-refractivity contribution in [2.24, 2.45) is 0 Å². The molecule has 0 spiro atoms. The molecule has 4 aromatic rings. The number of carbonyl (C=O) groups is 1. The van der Waals surface area contributed by atoms with Crippen molar-refractivity contribution in [2.45, 2.75) is 32.2 Å². The number of hydrogen-bond acceptors (Lipinski definition) is 5. The molecule has 0 aliphatic heterocycles. The van der Waals surface area contributed by atoms with Gasteiger partial charge >= 0.3 is 0 Å². The summed E-state index contributed by atoms with van der Waals surface area (Å²) in [4.78, 5) is 31.2. The Morgan fingerprint density at radius 3 is 2.97 bits per heavy atom. The maximum atomic E-state index is 13.1. The number of nitrogens with zero attached hydrogens (tertiary/aromatic N) is 4. The molecule has 1 N–H and O–H groups in total. The first-order valence-corrected chi connectivity index (χ1v) is 10.4. The van der Waals surface area contributed by atoms with Crippen molar-refractivity contribution in [1.29, 1.82) is 0 Å². The fourth-order valence-corrected chi connectivity index (χ4v) is 4.44. The molecule has 4 aromatic heterocycles. The lowest BCUT2D eigenvalue weighted by molar-refractivity contribution is -0.119. The van der Waals surface area contributed by atoms with E-state index in [0.717, 1.165) is 41.0 Å². The third-order valence-corrected chi connectivity index (χ3v) is 6.13. The van der Waals surface area contributed by atoms with E-state index in [4.69, 9.17) is 0 Å². The van der Waals surface area contributed by atoms with Gasteiger partial charge in [-0.2, -0.15) is 5.10 Å². The van der Waals surface area contributed by atoms with Crippen molar-refractivity contribution in [1.82, 2.24) is 19.2 Å². The van der Waals surface area contributed by atoms with E-state index in [1.54, 1.807) is 24.3 Å². The summed E-state index contributed by atoms with van der Waals surface area (Å²) in [5, 5.41) is 9.42. The SMILES string of the molecule is C[C@@H](C(=O)Nc1c(-c2cccs2)nc2ccccn12)n1nc2c(cc1=O)CCC2. The molecule has 1 amide bonds.